The molecule has 0 fully saturated rings. The molecule has 2 heterocycles. The fourth-order valence-electron chi connectivity index (χ4n) is 4.99. The Bertz CT molecular complexity index is 1200. The quantitative estimate of drug-likeness (QED) is 0.0949. The van der Waals surface area contributed by atoms with Crippen molar-refractivity contribution in [1.29, 1.82) is 0 Å². The summed E-state index contributed by atoms with van der Waals surface area (Å²) in [6, 6.07) is 0. The first-order valence-electron chi connectivity index (χ1n) is 14.8. The van der Waals surface area contributed by atoms with Crippen molar-refractivity contribution in [2.75, 3.05) is 26.4 Å². The van der Waals surface area contributed by atoms with Crippen molar-refractivity contribution in [3.05, 3.63) is 44.8 Å². The third kappa shape index (κ3) is 7.60. The van der Waals surface area contributed by atoms with Crippen molar-refractivity contribution >= 4 is 36.0 Å². The normalized spacial score (nSPS) is 10.6. The lowest BCUT2D eigenvalue weighted by Crippen LogP contribution is -2.18. The number of hydrogen-bond acceptors (Lipinski definition) is 8. The van der Waals surface area contributed by atoms with Gasteiger partial charge >= 0.3 is 23.9 Å². The highest BCUT2D eigenvalue weighted by molar-refractivity contribution is 6.18. The Kier molecular flexibility index (Phi) is 13.3. The van der Waals surface area contributed by atoms with Gasteiger partial charge in [-0.25, -0.2) is 19.2 Å². The molecule has 0 amide bonds. The van der Waals surface area contributed by atoms with Gasteiger partial charge in [0.25, 0.3) is 0 Å². The van der Waals surface area contributed by atoms with E-state index >= 15 is 0 Å². The van der Waals surface area contributed by atoms with Crippen molar-refractivity contribution in [2.24, 2.45) is 0 Å². The first kappa shape index (κ1) is 34.1. The Morgan fingerprint density at radius 1 is 0.476 bits per heavy atom. The number of ether oxygens (including phenoxy) is 4. The Morgan fingerprint density at radius 3 is 0.952 bits per heavy atom. The third-order valence-electron chi connectivity index (χ3n) is 6.72. The molecule has 2 aromatic heterocycles. The molecule has 230 valence electrons. The van der Waals surface area contributed by atoms with Crippen LogP contribution in [0.15, 0.2) is 11.1 Å². The topological polar surface area (TPSA) is 137 Å². The molecule has 0 radical (unpaired) electrons. The minimum Gasteiger partial charge on any atom is -0.462 e. The SMILES string of the molecule is CCOC(=O)C(=Cc1[nH]c(-c2[nH]c(C=C(C(=O)OCC)C(=O)OCC)c(CC)c2CC)c(CC)c1CC)C(=O)OCC. The van der Waals surface area contributed by atoms with Crippen molar-refractivity contribution < 1.29 is 38.1 Å². The van der Waals surface area contributed by atoms with Crippen molar-refractivity contribution in [1.82, 2.24) is 9.97 Å². The van der Waals surface area contributed by atoms with E-state index in [0.29, 0.717) is 37.1 Å². The molecule has 0 bridgehead atoms. The molecule has 42 heavy (non-hydrogen) atoms. The Morgan fingerprint density at radius 2 is 0.738 bits per heavy atom. The van der Waals surface area contributed by atoms with E-state index in [4.69, 9.17) is 18.9 Å². The van der Waals surface area contributed by atoms with Gasteiger partial charge in [-0.2, -0.15) is 0 Å². The van der Waals surface area contributed by atoms with Gasteiger partial charge in [-0.1, -0.05) is 27.7 Å². The zero-order valence-corrected chi connectivity index (χ0v) is 26.1. The summed E-state index contributed by atoms with van der Waals surface area (Å²) in [5, 5.41) is 0. The van der Waals surface area contributed by atoms with E-state index in [1.807, 2.05) is 27.7 Å². The molecule has 2 N–H and O–H groups in total. The van der Waals surface area contributed by atoms with Crippen LogP contribution in [0, 0.1) is 0 Å². The first-order valence-corrected chi connectivity index (χ1v) is 14.8. The van der Waals surface area contributed by atoms with E-state index in [2.05, 4.69) is 9.97 Å². The highest BCUT2D eigenvalue weighted by Gasteiger charge is 2.27. The zero-order valence-electron chi connectivity index (χ0n) is 26.1. The average molecular weight is 585 g/mol. The molecule has 0 atom stereocenters. The van der Waals surface area contributed by atoms with E-state index in [9.17, 15) is 19.2 Å². The summed E-state index contributed by atoms with van der Waals surface area (Å²) in [5.41, 5.74) is 6.34. The van der Waals surface area contributed by atoms with Crippen LogP contribution >= 0.6 is 0 Å². The lowest BCUT2D eigenvalue weighted by molar-refractivity contribution is -0.148. The van der Waals surface area contributed by atoms with Gasteiger partial charge in [0.15, 0.2) is 0 Å². The van der Waals surface area contributed by atoms with Gasteiger partial charge in [0.1, 0.15) is 11.1 Å². The monoisotopic (exact) mass is 584 g/mol. The first-order chi connectivity index (χ1) is 20.2. The van der Waals surface area contributed by atoms with Crippen LogP contribution in [-0.4, -0.2) is 60.3 Å². The second kappa shape index (κ2) is 16.4. The van der Waals surface area contributed by atoms with Gasteiger partial charge in [-0.05, 0) is 87.8 Å². The zero-order chi connectivity index (χ0) is 31.4. The van der Waals surface area contributed by atoms with E-state index in [-0.39, 0.29) is 37.6 Å². The number of aromatic amines is 2. The summed E-state index contributed by atoms with van der Waals surface area (Å²) >= 11 is 0. The minimum absolute atomic E-state index is 0.115. The van der Waals surface area contributed by atoms with Crippen LogP contribution in [0.1, 0.15) is 89.0 Å². The second-order valence-corrected chi connectivity index (χ2v) is 9.15. The number of esters is 4. The molecule has 0 saturated carbocycles. The molecule has 0 aromatic carbocycles. The number of H-pyrrole nitrogens is 2. The number of hydrogen-bond donors (Lipinski definition) is 2. The Hall–Kier alpha value is -4.08. The predicted octanol–water partition coefficient (Wildman–Crippen LogP) is 5.28. The van der Waals surface area contributed by atoms with Crippen molar-refractivity contribution in [2.45, 2.75) is 81.1 Å². The van der Waals surface area contributed by atoms with Gasteiger partial charge in [0.05, 0.1) is 37.8 Å². The minimum atomic E-state index is -0.757. The van der Waals surface area contributed by atoms with Crippen LogP contribution in [0.5, 0.6) is 0 Å². The van der Waals surface area contributed by atoms with Crippen LogP contribution in [0.2, 0.25) is 0 Å². The van der Waals surface area contributed by atoms with E-state index in [1.54, 1.807) is 27.7 Å². The number of aromatic nitrogens is 2. The molecule has 2 aromatic rings. The Labute approximate surface area is 247 Å². The van der Waals surface area contributed by atoms with Crippen LogP contribution < -0.4 is 0 Å². The lowest BCUT2D eigenvalue weighted by Gasteiger charge is -2.07. The molecule has 10 heteroatoms. The summed E-state index contributed by atoms with van der Waals surface area (Å²) in [6.45, 7) is 15.2. The molecule has 0 aliphatic carbocycles. The summed E-state index contributed by atoms with van der Waals surface area (Å²) in [5.74, 6) is -3.03. The second-order valence-electron chi connectivity index (χ2n) is 9.15. The summed E-state index contributed by atoms with van der Waals surface area (Å²) in [6.07, 6.45) is 5.59. The number of carbonyl (C=O) groups excluding carboxylic acids is 4. The maximum Gasteiger partial charge on any atom is 0.345 e. The molecule has 2 rings (SSSR count). The molecule has 0 saturated heterocycles. The van der Waals surface area contributed by atoms with Gasteiger partial charge in [0.2, 0.25) is 0 Å². The van der Waals surface area contributed by atoms with E-state index in [1.165, 1.54) is 12.2 Å². The van der Waals surface area contributed by atoms with E-state index in [0.717, 1.165) is 33.6 Å². The lowest BCUT2D eigenvalue weighted by atomic mass is 9.97. The maximum absolute atomic E-state index is 12.7. The van der Waals surface area contributed by atoms with Gasteiger partial charge < -0.3 is 28.9 Å². The van der Waals surface area contributed by atoms with Gasteiger partial charge in [-0.3, -0.25) is 0 Å². The van der Waals surface area contributed by atoms with Crippen molar-refractivity contribution in [3.63, 3.8) is 0 Å². The molecule has 0 unspecified atom stereocenters. The van der Waals surface area contributed by atoms with Crippen LogP contribution in [0.3, 0.4) is 0 Å². The maximum atomic E-state index is 12.7. The molecule has 0 spiro atoms. The third-order valence-corrected chi connectivity index (χ3v) is 6.72. The van der Waals surface area contributed by atoms with Gasteiger partial charge in [-0.15, -0.1) is 0 Å². The molecule has 10 nitrogen and oxygen atoms in total. The molecular formula is C32H44N2O8. The number of nitrogens with one attached hydrogen (secondary N) is 2. The smallest absolute Gasteiger partial charge is 0.345 e. The van der Waals surface area contributed by atoms with Crippen LogP contribution in [-0.2, 0) is 63.8 Å². The Balaban J connectivity index is 2.87. The van der Waals surface area contributed by atoms with Crippen LogP contribution in [0.25, 0.3) is 23.5 Å². The van der Waals surface area contributed by atoms with Crippen molar-refractivity contribution in [3.8, 4) is 11.4 Å². The molecule has 0 aliphatic heterocycles. The molecular weight excluding hydrogens is 540 g/mol. The predicted molar refractivity (Wildman–Crippen MR) is 161 cm³/mol. The molecule has 0 aliphatic rings. The highest BCUT2D eigenvalue weighted by Crippen LogP contribution is 2.36. The largest absolute Gasteiger partial charge is 0.462 e. The summed E-state index contributed by atoms with van der Waals surface area (Å²) < 4.78 is 20.5. The fraction of sp³-hybridized carbons (Fsp3) is 0.500. The highest BCUT2D eigenvalue weighted by atomic mass is 16.6. The number of carbonyl (C=O) groups is 4. The average Bonchev–Trinajstić information content (AvgIpc) is 3.51. The fourth-order valence-corrected chi connectivity index (χ4v) is 4.99. The summed E-state index contributed by atoms with van der Waals surface area (Å²) in [7, 11) is 0. The number of rotatable bonds is 15. The van der Waals surface area contributed by atoms with Crippen LogP contribution in [0.4, 0.5) is 0 Å². The van der Waals surface area contributed by atoms with Gasteiger partial charge in [0, 0.05) is 11.4 Å². The van der Waals surface area contributed by atoms with E-state index < -0.39 is 23.9 Å². The summed E-state index contributed by atoms with van der Waals surface area (Å²) in [4.78, 5) is 57.7. The standard InChI is InChI=1S/C32H44N2O8/c1-9-19-21(11-3)27(33-25(19)17-23(29(35)39-13-5)30(36)40-14-6)28-22(12-4)20(10-2)26(34-28)18-24(31(37)41-15-7)32(38)42-16-8/h17-18,33-34H,9-16H2,1-8H3.